The number of aromatic nitrogens is 2. The molecule has 0 aliphatic carbocycles. The zero-order valence-corrected chi connectivity index (χ0v) is 15.3. The average Bonchev–Trinajstić information content (AvgIpc) is 2.56. The van der Waals surface area contributed by atoms with Gasteiger partial charge in [-0.15, -0.1) is 0 Å². The van der Waals surface area contributed by atoms with Crippen molar-refractivity contribution in [2.45, 2.75) is 47.7 Å². The van der Waals surface area contributed by atoms with Crippen LogP contribution in [0, 0.1) is 27.7 Å². The lowest BCUT2D eigenvalue weighted by Gasteiger charge is -2.39. The highest BCUT2D eigenvalue weighted by Gasteiger charge is 2.27. The predicted octanol–water partition coefficient (Wildman–Crippen LogP) is 3.26. The van der Waals surface area contributed by atoms with E-state index in [9.17, 15) is 4.79 Å². The molecule has 0 spiro atoms. The van der Waals surface area contributed by atoms with Crippen LogP contribution in [0.1, 0.15) is 35.7 Å². The van der Waals surface area contributed by atoms with Gasteiger partial charge in [-0.05, 0) is 51.3 Å². The molecule has 1 aliphatic heterocycles. The second-order valence-corrected chi connectivity index (χ2v) is 6.68. The van der Waals surface area contributed by atoms with Gasteiger partial charge in [0.2, 0.25) is 5.95 Å². The van der Waals surface area contributed by atoms with Gasteiger partial charge in [0.1, 0.15) is 0 Å². The van der Waals surface area contributed by atoms with E-state index in [4.69, 9.17) is 4.98 Å². The third-order valence-electron chi connectivity index (χ3n) is 4.95. The monoisotopic (exact) mass is 326 g/mol. The molecule has 0 bridgehead atoms. The lowest BCUT2D eigenvalue weighted by Crippen LogP contribution is -2.48. The van der Waals surface area contributed by atoms with Crippen LogP contribution in [0.4, 0.5) is 11.6 Å². The van der Waals surface area contributed by atoms with E-state index < -0.39 is 0 Å². The first-order valence-electron chi connectivity index (χ1n) is 8.58. The molecule has 24 heavy (non-hydrogen) atoms. The molecular formula is C19H26N4O. The molecule has 1 aliphatic rings. The molecule has 0 saturated heterocycles. The van der Waals surface area contributed by atoms with Crippen LogP contribution >= 0.6 is 0 Å². The molecule has 1 aromatic carbocycles. The number of hydrogen-bond acceptors (Lipinski definition) is 4. The number of fused-ring (bicyclic) bond motifs is 1. The minimum absolute atomic E-state index is 0.0635. The summed E-state index contributed by atoms with van der Waals surface area (Å²) in [5.74, 6) is 0.754. The van der Waals surface area contributed by atoms with Crippen LogP contribution in [-0.2, 0) is 6.67 Å². The second kappa shape index (κ2) is 6.40. The summed E-state index contributed by atoms with van der Waals surface area (Å²) < 4.78 is 1.81. The van der Waals surface area contributed by atoms with Gasteiger partial charge in [0, 0.05) is 23.5 Å². The van der Waals surface area contributed by atoms with Crippen molar-refractivity contribution < 1.29 is 0 Å². The van der Waals surface area contributed by atoms with Gasteiger partial charge in [-0.25, -0.2) is 4.98 Å². The van der Waals surface area contributed by atoms with Crippen molar-refractivity contribution in [3.05, 3.63) is 50.9 Å². The van der Waals surface area contributed by atoms with Gasteiger partial charge in [0.05, 0.1) is 13.3 Å². The zero-order chi connectivity index (χ0) is 17.4. The molecule has 2 aromatic rings. The summed E-state index contributed by atoms with van der Waals surface area (Å²) in [6, 6.07) is 6.30. The van der Waals surface area contributed by atoms with Crippen LogP contribution in [0.3, 0.4) is 0 Å². The highest BCUT2D eigenvalue weighted by atomic mass is 16.1. The summed E-state index contributed by atoms with van der Waals surface area (Å²) in [4.78, 5) is 22.0. The van der Waals surface area contributed by atoms with Crippen LogP contribution < -0.4 is 10.5 Å². The zero-order valence-electron chi connectivity index (χ0n) is 15.3. The van der Waals surface area contributed by atoms with Crippen LogP contribution in [0.5, 0.6) is 0 Å². The minimum Gasteiger partial charge on any atom is -0.298 e. The second-order valence-electron chi connectivity index (χ2n) is 6.68. The van der Waals surface area contributed by atoms with Gasteiger partial charge < -0.3 is 0 Å². The van der Waals surface area contributed by atoms with Gasteiger partial charge in [-0.2, -0.15) is 0 Å². The Morgan fingerprint density at radius 2 is 1.83 bits per heavy atom. The molecule has 0 radical (unpaired) electrons. The minimum atomic E-state index is 0.0635. The molecule has 5 heteroatoms. The van der Waals surface area contributed by atoms with Crippen LogP contribution in [0.2, 0.25) is 0 Å². The Labute approximate surface area is 143 Å². The van der Waals surface area contributed by atoms with E-state index in [0.29, 0.717) is 6.67 Å². The quantitative estimate of drug-likeness (QED) is 0.868. The van der Waals surface area contributed by atoms with Crippen molar-refractivity contribution in [2.24, 2.45) is 0 Å². The molecule has 0 fully saturated rings. The van der Waals surface area contributed by atoms with E-state index in [0.717, 1.165) is 42.5 Å². The number of aryl methyl sites for hydroxylation is 2. The molecule has 0 N–H and O–H groups in total. The fraction of sp³-hybridized carbons (Fsp3) is 0.474. The number of benzene rings is 1. The lowest BCUT2D eigenvalue weighted by atomic mass is 10.1. The van der Waals surface area contributed by atoms with Crippen molar-refractivity contribution >= 4 is 11.6 Å². The number of nitrogens with zero attached hydrogens (tertiary/aromatic N) is 4. The SMILES string of the molecule is CCCN1CN(c2cccc(C)c2C)c2nc(C)c(C)c(=O)n2C1. The van der Waals surface area contributed by atoms with Crippen molar-refractivity contribution in [3.8, 4) is 0 Å². The summed E-state index contributed by atoms with van der Waals surface area (Å²) in [7, 11) is 0. The van der Waals surface area contributed by atoms with Crippen molar-refractivity contribution in [3.63, 3.8) is 0 Å². The Balaban J connectivity index is 2.20. The number of hydrogen-bond donors (Lipinski definition) is 0. The molecule has 0 atom stereocenters. The maximum atomic E-state index is 12.8. The summed E-state index contributed by atoms with van der Waals surface area (Å²) >= 11 is 0. The van der Waals surface area contributed by atoms with Crippen LogP contribution in [-0.4, -0.2) is 27.7 Å². The molecule has 2 heterocycles. The Bertz CT molecular complexity index is 825. The third-order valence-corrected chi connectivity index (χ3v) is 4.95. The Morgan fingerprint density at radius 3 is 2.54 bits per heavy atom. The van der Waals surface area contributed by atoms with E-state index in [2.05, 4.69) is 48.8 Å². The van der Waals surface area contributed by atoms with E-state index in [-0.39, 0.29) is 5.56 Å². The van der Waals surface area contributed by atoms with E-state index in [1.54, 1.807) is 0 Å². The highest BCUT2D eigenvalue weighted by molar-refractivity contribution is 5.64. The van der Waals surface area contributed by atoms with Gasteiger partial charge >= 0.3 is 0 Å². The predicted molar refractivity (Wildman–Crippen MR) is 97.9 cm³/mol. The van der Waals surface area contributed by atoms with Gasteiger partial charge in [0.25, 0.3) is 5.56 Å². The fourth-order valence-corrected chi connectivity index (χ4v) is 3.25. The Hall–Kier alpha value is -2.14. The maximum Gasteiger partial charge on any atom is 0.259 e. The summed E-state index contributed by atoms with van der Waals surface area (Å²) in [6.45, 7) is 12.5. The van der Waals surface area contributed by atoms with Gasteiger partial charge in [-0.3, -0.25) is 19.2 Å². The standard InChI is InChI=1S/C19H26N4O/c1-6-10-21-11-22(17-9-7-8-13(2)14(17)3)19-20-16(5)15(4)18(24)23(19)12-21/h7-9H,6,10-12H2,1-5H3. The third kappa shape index (κ3) is 2.73. The largest absolute Gasteiger partial charge is 0.298 e. The fourth-order valence-electron chi connectivity index (χ4n) is 3.25. The molecule has 0 unspecified atom stereocenters. The van der Waals surface area contributed by atoms with Crippen molar-refractivity contribution in [1.82, 2.24) is 14.5 Å². The normalized spacial score (nSPS) is 14.8. The Kier molecular flexibility index (Phi) is 4.45. The summed E-state index contributed by atoms with van der Waals surface area (Å²) in [5.41, 5.74) is 5.21. The number of anilines is 2. The molecule has 0 amide bonds. The van der Waals surface area contributed by atoms with Crippen LogP contribution in [0.25, 0.3) is 0 Å². The van der Waals surface area contributed by atoms with E-state index in [1.165, 1.54) is 11.1 Å². The smallest absolute Gasteiger partial charge is 0.259 e. The molecule has 3 rings (SSSR count). The lowest BCUT2D eigenvalue weighted by molar-refractivity contribution is 0.198. The molecule has 1 aromatic heterocycles. The molecule has 5 nitrogen and oxygen atoms in total. The van der Waals surface area contributed by atoms with Crippen molar-refractivity contribution in [2.75, 3.05) is 18.1 Å². The van der Waals surface area contributed by atoms with Gasteiger partial charge in [-0.1, -0.05) is 19.1 Å². The van der Waals surface area contributed by atoms with Crippen LogP contribution in [0.15, 0.2) is 23.0 Å². The first-order chi connectivity index (χ1) is 11.4. The topological polar surface area (TPSA) is 41.4 Å². The molecule has 0 saturated carbocycles. The first-order valence-corrected chi connectivity index (χ1v) is 8.58. The Morgan fingerprint density at radius 1 is 1.08 bits per heavy atom. The van der Waals surface area contributed by atoms with Gasteiger partial charge in [0.15, 0.2) is 0 Å². The average molecular weight is 326 g/mol. The summed E-state index contributed by atoms with van der Waals surface area (Å²) in [5, 5.41) is 0. The molecule has 128 valence electrons. The van der Waals surface area contributed by atoms with E-state index >= 15 is 0 Å². The molecular weight excluding hydrogens is 300 g/mol. The number of rotatable bonds is 3. The summed E-state index contributed by atoms with van der Waals surface area (Å²) in [6.07, 6.45) is 1.06. The highest BCUT2D eigenvalue weighted by Crippen LogP contribution is 2.31. The van der Waals surface area contributed by atoms with E-state index in [1.807, 2.05) is 18.4 Å². The maximum absolute atomic E-state index is 12.8. The van der Waals surface area contributed by atoms with Crippen molar-refractivity contribution in [1.29, 1.82) is 0 Å². The first kappa shape index (κ1) is 16.7.